The van der Waals surface area contributed by atoms with Gasteiger partial charge < -0.3 is 15.0 Å². The van der Waals surface area contributed by atoms with Gasteiger partial charge in [-0.1, -0.05) is 0 Å². The second-order valence-electron chi connectivity index (χ2n) is 4.87. The summed E-state index contributed by atoms with van der Waals surface area (Å²) >= 11 is 0. The first-order valence-corrected chi connectivity index (χ1v) is 6.07. The summed E-state index contributed by atoms with van der Waals surface area (Å²) in [6, 6.07) is 1.21. The maximum absolute atomic E-state index is 5.08. The van der Waals surface area contributed by atoms with E-state index in [0.29, 0.717) is 6.04 Å². The van der Waals surface area contributed by atoms with Crippen molar-refractivity contribution in [3.8, 4) is 0 Å². The van der Waals surface area contributed by atoms with Crippen LogP contribution in [-0.2, 0) is 4.74 Å². The molecule has 2 atom stereocenters. The SMILES string of the molecule is COCC(C)NCCN(C)C(C)C1CC1. The van der Waals surface area contributed by atoms with E-state index in [1.165, 1.54) is 12.8 Å². The van der Waals surface area contributed by atoms with Crippen LogP contribution in [0.15, 0.2) is 0 Å². The molecule has 0 radical (unpaired) electrons. The van der Waals surface area contributed by atoms with Crippen molar-refractivity contribution in [3.05, 3.63) is 0 Å². The Morgan fingerprint density at radius 3 is 2.60 bits per heavy atom. The van der Waals surface area contributed by atoms with E-state index in [0.717, 1.165) is 31.7 Å². The second-order valence-corrected chi connectivity index (χ2v) is 4.87. The average molecular weight is 214 g/mol. The minimum Gasteiger partial charge on any atom is -0.383 e. The van der Waals surface area contributed by atoms with Gasteiger partial charge in [-0.3, -0.25) is 0 Å². The van der Waals surface area contributed by atoms with Crippen LogP contribution in [-0.4, -0.2) is 50.8 Å². The Labute approximate surface area is 94.2 Å². The van der Waals surface area contributed by atoms with Crippen molar-refractivity contribution in [2.45, 2.75) is 38.8 Å². The van der Waals surface area contributed by atoms with Gasteiger partial charge in [-0.2, -0.15) is 0 Å². The van der Waals surface area contributed by atoms with Crippen molar-refractivity contribution in [1.82, 2.24) is 10.2 Å². The lowest BCUT2D eigenvalue weighted by Crippen LogP contribution is -2.40. The number of ether oxygens (including phenoxy) is 1. The number of rotatable bonds is 8. The standard InChI is InChI=1S/C12H26N2O/c1-10(9-15-4)13-7-8-14(3)11(2)12-5-6-12/h10-13H,5-9H2,1-4H3. The first-order chi connectivity index (χ1) is 7.15. The van der Waals surface area contributed by atoms with Crippen LogP contribution in [0.5, 0.6) is 0 Å². The molecule has 1 fully saturated rings. The molecule has 0 aromatic carbocycles. The molecule has 1 N–H and O–H groups in total. The fraction of sp³-hybridized carbons (Fsp3) is 1.00. The third-order valence-electron chi connectivity index (χ3n) is 3.37. The summed E-state index contributed by atoms with van der Waals surface area (Å²) in [7, 11) is 3.98. The molecular formula is C12H26N2O. The van der Waals surface area contributed by atoms with Crippen molar-refractivity contribution in [1.29, 1.82) is 0 Å². The third kappa shape index (κ3) is 4.96. The Morgan fingerprint density at radius 1 is 1.40 bits per heavy atom. The first kappa shape index (κ1) is 12.9. The molecule has 2 unspecified atom stereocenters. The molecule has 0 aliphatic heterocycles. The smallest absolute Gasteiger partial charge is 0.0613 e. The van der Waals surface area contributed by atoms with Crippen molar-refractivity contribution in [3.63, 3.8) is 0 Å². The molecule has 1 aliphatic rings. The van der Waals surface area contributed by atoms with E-state index in [2.05, 4.69) is 31.1 Å². The van der Waals surface area contributed by atoms with Gasteiger partial charge >= 0.3 is 0 Å². The summed E-state index contributed by atoms with van der Waals surface area (Å²) in [5, 5.41) is 3.46. The number of nitrogens with zero attached hydrogens (tertiary/aromatic N) is 1. The van der Waals surface area contributed by atoms with Crippen LogP contribution in [0.3, 0.4) is 0 Å². The number of hydrogen-bond acceptors (Lipinski definition) is 3. The highest BCUT2D eigenvalue weighted by molar-refractivity contribution is 4.84. The molecular weight excluding hydrogens is 188 g/mol. The summed E-state index contributed by atoms with van der Waals surface area (Å²) in [6.07, 6.45) is 2.86. The zero-order chi connectivity index (χ0) is 11.3. The van der Waals surface area contributed by atoms with Crippen LogP contribution in [0.2, 0.25) is 0 Å². The lowest BCUT2D eigenvalue weighted by Gasteiger charge is -2.25. The average Bonchev–Trinajstić information content (AvgIpc) is 3.00. The summed E-state index contributed by atoms with van der Waals surface area (Å²) in [5.41, 5.74) is 0. The van der Waals surface area contributed by atoms with E-state index < -0.39 is 0 Å². The molecule has 0 saturated heterocycles. The lowest BCUT2D eigenvalue weighted by molar-refractivity contribution is 0.167. The monoisotopic (exact) mass is 214 g/mol. The van der Waals surface area contributed by atoms with Gasteiger partial charge in [-0.25, -0.2) is 0 Å². The lowest BCUT2D eigenvalue weighted by atomic mass is 10.2. The van der Waals surface area contributed by atoms with Crippen LogP contribution < -0.4 is 5.32 Å². The van der Waals surface area contributed by atoms with Crippen molar-refractivity contribution < 1.29 is 4.74 Å². The number of likely N-dealkylation sites (N-methyl/N-ethyl adjacent to an activating group) is 1. The molecule has 0 aromatic heterocycles. The van der Waals surface area contributed by atoms with Gasteiger partial charge in [0.1, 0.15) is 0 Å². The molecule has 1 aliphatic carbocycles. The van der Waals surface area contributed by atoms with Gasteiger partial charge in [-0.05, 0) is 39.7 Å². The molecule has 1 rings (SSSR count). The second kappa shape index (κ2) is 6.46. The third-order valence-corrected chi connectivity index (χ3v) is 3.37. The zero-order valence-electron chi connectivity index (χ0n) is 10.6. The maximum atomic E-state index is 5.08. The largest absolute Gasteiger partial charge is 0.383 e. The quantitative estimate of drug-likeness (QED) is 0.660. The van der Waals surface area contributed by atoms with Gasteiger partial charge in [-0.15, -0.1) is 0 Å². The minimum atomic E-state index is 0.458. The van der Waals surface area contributed by atoms with E-state index in [4.69, 9.17) is 4.74 Å². The highest BCUT2D eigenvalue weighted by Gasteiger charge is 2.29. The summed E-state index contributed by atoms with van der Waals surface area (Å²) < 4.78 is 5.08. The van der Waals surface area contributed by atoms with Gasteiger partial charge in [0, 0.05) is 32.3 Å². The van der Waals surface area contributed by atoms with E-state index >= 15 is 0 Å². The molecule has 0 spiro atoms. The number of methoxy groups -OCH3 is 1. The Morgan fingerprint density at radius 2 is 2.07 bits per heavy atom. The molecule has 1 saturated carbocycles. The molecule has 3 nitrogen and oxygen atoms in total. The molecule has 0 heterocycles. The normalized spacial score (nSPS) is 20.6. The number of hydrogen-bond donors (Lipinski definition) is 1. The fourth-order valence-corrected chi connectivity index (χ4v) is 1.94. The Balaban J connectivity index is 2.02. The van der Waals surface area contributed by atoms with Crippen LogP contribution in [0.4, 0.5) is 0 Å². The minimum absolute atomic E-state index is 0.458. The molecule has 15 heavy (non-hydrogen) atoms. The van der Waals surface area contributed by atoms with E-state index in [1.807, 2.05) is 0 Å². The molecule has 0 bridgehead atoms. The van der Waals surface area contributed by atoms with Crippen LogP contribution in [0, 0.1) is 5.92 Å². The van der Waals surface area contributed by atoms with Gasteiger partial charge in [0.25, 0.3) is 0 Å². The van der Waals surface area contributed by atoms with E-state index in [1.54, 1.807) is 7.11 Å². The zero-order valence-corrected chi connectivity index (χ0v) is 10.6. The molecule has 0 aromatic rings. The predicted octanol–water partition coefficient (Wildman–Crippen LogP) is 1.34. The molecule has 3 heteroatoms. The van der Waals surface area contributed by atoms with Crippen LogP contribution in [0.25, 0.3) is 0 Å². The predicted molar refractivity (Wildman–Crippen MR) is 64.2 cm³/mol. The van der Waals surface area contributed by atoms with Crippen molar-refractivity contribution >= 4 is 0 Å². The Bertz CT molecular complexity index is 171. The fourth-order valence-electron chi connectivity index (χ4n) is 1.94. The summed E-state index contributed by atoms with van der Waals surface area (Å²) in [6.45, 7) is 7.48. The van der Waals surface area contributed by atoms with E-state index in [-0.39, 0.29) is 0 Å². The van der Waals surface area contributed by atoms with Crippen LogP contribution >= 0.6 is 0 Å². The topological polar surface area (TPSA) is 24.5 Å². The van der Waals surface area contributed by atoms with Crippen LogP contribution in [0.1, 0.15) is 26.7 Å². The molecule has 90 valence electrons. The highest BCUT2D eigenvalue weighted by atomic mass is 16.5. The van der Waals surface area contributed by atoms with Gasteiger partial charge in [0.2, 0.25) is 0 Å². The summed E-state index contributed by atoms with van der Waals surface area (Å²) in [4.78, 5) is 2.46. The number of nitrogens with one attached hydrogen (secondary N) is 1. The van der Waals surface area contributed by atoms with Crippen molar-refractivity contribution in [2.24, 2.45) is 5.92 Å². The van der Waals surface area contributed by atoms with Gasteiger partial charge in [0.05, 0.1) is 6.61 Å². The summed E-state index contributed by atoms with van der Waals surface area (Å²) in [5.74, 6) is 0.964. The van der Waals surface area contributed by atoms with Crippen molar-refractivity contribution in [2.75, 3.05) is 33.9 Å². The van der Waals surface area contributed by atoms with E-state index in [9.17, 15) is 0 Å². The Hall–Kier alpha value is -0.120. The molecule has 0 amide bonds. The first-order valence-electron chi connectivity index (χ1n) is 6.07. The highest BCUT2D eigenvalue weighted by Crippen LogP contribution is 2.34. The maximum Gasteiger partial charge on any atom is 0.0613 e. The Kier molecular flexibility index (Phi) is 5.58. The van der Waals surface area contributed by atoms with Gasteiger partial charge in [0.15, 0.2) is 0 Å².